The van der Waals surface area contributed by atoms with Gasteiger partial charge in [-0.2, -0.15) is 0 Å². The molecule has 0 bridgehead atoms. The van der Waals surface area contributed by atoms with Crippen LogP contribution in [0.1, 0.15) is 18.1 Å². The van der Waals surface area contributed by atoms with Gasteiger partial charge < -0.3 is 5.11 Å². The number of benzene rings is 1. The molecule has 0 fully saturated rings. The average molecular weight is 176 g/mol. The minimum absolute atomic E-state index is 0.916. The summed E-state index contributed by atoms with van der Waals surface area (Å²) in [6.07, 6.45) is 3.73. The molecule has 0 aliphatic rings. The Labute approximate surface area is 77.5 Å². The number of carbonyl (C=O) groups is 1. The average Bonchev–Trinajstić information content (AvgIpc) is 2.15. The summed E-state index contributed by atoms with van der Waals surface area (Å²) in [6.45, 7) is 2.09. The molecule has 0 saturated carbocycles. The Morgan fingerprint density at radius 1 is 1.38 bits per heavy atom. The van der Waals surface area contributed by atoms with Gasteiger partial charge in [-0.1, -0.05) is 31.2 Å². The molecule has 0 radical (unpaired) electrons. The molecular weight excluding hydrogens is 164 g/mol. The highest BCUT2D eigenvalue weighted by Gasteiger charge is 1.90. The molecule has 1 aromatic rings. The first-order valence-corrected chi connectivity index (χ1v) is 4.22. The van der Waals surface area contributed by atoms with Gasteiger partial charge in [-0.3, -0.25) is 0 Å². The van der Waals surface area contributed by atoms with E-state index in [4.69, 9.17) is 5.11 Å². The summed E-state index contributed by atoms with van der Waals surface area (Å²) in [6, 6.07) is 7.83. The quantitative estimate of drug-likeness (QED) is 0.718. The predicted molar refractivity (Wildman–Crippen MR) is 52.5 cm³/mol. The van der Waals surface area contributed by atoms with Crippen LogP contribution in [-0.2, 0) is 11.2 Å². The van der Waals surface area contributed by atoms with Crippen molar-refractivity contribution in [3.8, 4) is 0 Å². The molecule has 0 amide bonds. The van der Waals surface area contributed by atoms with Crippen molar-refractivity contribution >= 4 is 12.0 Å². The summed E-state index contributed by atoms with van der Waals surface area (Å²) < 4.78 is 0. The van der Waals surface area contributed by atoms with E-state index in [1.54, 1.807) is 6.08 Å². The molecule has 0 spiro atoms. The predicted octanol–water partition coefficient (Wildman–Crippen LogP) is 2.35. The van der Waals surface area contributed by atoms with Crippen LogP contribution in [0.4, 0.5) is 0 Å². The number of hydrogen-bond donors (Lipinski definition) is 1. The van der Waals surface area contributed by atoms with Crippen molar-refractivity contribution in [2.24, 2.45) is 0 Å². The van der Waals surface area contributed by atoms with Gasteiger partial charge in [0.25, 0.3) is 0 Å². The largest absolute Gasteiger partial charge is 0.478 e. The normalized spacial score (nSPS) is 10.5. The summed E-state index contributed by atoms with van der Waals surface area (Å²) in [7, 11) is 0. The molecule has 1 rings (SSSR count). The van der Waals surface area contributed by atoms with E-state index in [1.807, 2.05) is 24.3 Å². The maximum absolute atomic E-state index is 10.2. The van der Waals surface area contributed by atoms with Crippen LogP contribution in [0.5, 0.6) is 0 Å². The molecule has 1 N–H and O–H groups in total. The Balaban J connectivity index is 2.75. The van der Waals surface area contributed by atoms with Gasteiger partial charge in [-0.15, -0.1) is 0 Å². The molecule has 0 saturated heterocycles. The first kappa shape index (κ1) is 9.52. The Hall–Kier alpha value is -1.57. The molecule has 13 heavy (non-hydrogen) atoms. The summed E-state index contributed by atoms with van der Waals surface area (Å²) in [5.41, 5.74) is 2.17. The number of carboxylic acids is 1. The van der Waals surface area contributed by atoms with Crippen molar-refractivity contribution in [3.63, 3.8) is 0 Å². The van der Waals surface area contributed by atoms with E-state index in [1.165, 1.54) is 5.56 Å². The fourth-order valence-corrected chi connectivity index (χ4v) is 1.03. The zero-order chi connectivity index (χ0) is 9.68. The molecule has 0 aliphatic heterocycles. The lowest BCUT2D eigenvalue weighted by Gasteiger charge is -1.96. The van der Waals surface area contributed by atoms with E-state index < -0.39 is 5.97 Å². The van der Waals surface area contributed by atoms with Crippen molar-refractivity contribution in [2.75, 3.05) is 0 Å². The molecule has 0 unspecified atom stereocenters. The minimum atomic E-state index is -0.917. The Morgan fingerprint density at radius 3 is 2.46 bits per heavy atom. The highest BCUT2D eigenvalue weighted by Crippen LogP contribution is 2.06. The van der Waals surface area contributed by atoms with E-state index in [2.05, 4.69) is 6.92 Å². The monoisotopic (exact) mass is 176 g/mol. The third kappa shape index (κ3) is 3.11. The van der Waals surface area contributed by atoms with Crippen LogP contribution in [0, 0.1) is 0 Å². The van der Waals surface area contributed by atoms with Crippen LogP contribution in [0.2, 0.25) is 0 Å². The topological polar surface area (TPSA) is 37.3 Å². The summed E-state index contributed by atoms with van der Waals surface area (Å²) in [5.74, 6) is -0.917. The SMILES string of the molecule is CCc1ccc(/C=C\C(=O)O)cc1. The van der Waals surface area contributed by atoms with Crippen molar-refractivity contribution in [1.29, 1.82) is 0 Å². The van der Waals surface area contributed by atoms with Gasteiger partial charge in [0.15, 0.2) is 0 Å². The van der Waals surface area contributed by atoms with Crippen LogP contribution >= 0.6 is 0 Å². The summed E-state index contributed by atoms with van der Waals surface area (Å²) in [4.78, 5) is 10.2. The van der Waals surface area contributed by atoms with E-state index in [0.717, 1.165) is 18.1 Å². The number of carboxylic acid groups (broad SMARTS) is 1. The van der Waals surface area contributed by atoms with Crippen LogP contribution in [0.3, 0.4) is 0 Å². The number of aryl methyl sites for hydroxylation is 1. The van der Waals surface area contributed by atoms with Gasteiger partial charge in [-0.05, 0) is 23.6 Å². The lowest BCUT2D eigenvalue weighted by molar-refractivity contribution is -0.131. The van der Waals surface area contributed by atoms with Crippen molar-refractivity contribution < 1.29 is 9.90 Å². The fourth-order valence-electron chi connectivity index (χ4n) is 1.03. The first-order chi connectivity index (χ1) is 6.22. The maximum atomic E-state index is 10.2. The van der Waals surface area contributed by atoms with Crippen molar-refractivity contribution in [3.05, 3.63) is 41.5 Å². The van der Waals surface area contributed by atoms with E-state index >= 15 is 0 Å². The molecule has 2 nitrogen and oxygen atoms in total. The Bertz CT molecular complexity index is 309. The van der Waals surface area contributed by atoms with E-state index in [0.29, 0.717) is 0 Å². The minimum Gasteiger partial charge on any atom is -0.478 e. The zero-order valence-corrected chi connectivity index (χ0v) is 7.53. The fraction of sp³-hybridized carbons (Fsp3) is 0.182. The highest BCUT2D eigenvalue weighted by atomic mass is 16.4. The molecule has 0 heterocycles. The lowest BCUT2D eigenvalue weighted by Crippen LogP contribution is -1.85. The summed E-state index contributed by atoms with van der Waals surface area (Å²) >= 11 is 0. The van der Waals surface area contributed by atoms with E-state index in [-0.39, 0.29) is 0 Å². The second-order valence-corrected chi connectivity index (χ2v) is 2.77. The Kier molecular flexibility index (Phi) is 3.26. The van der Waals surface area contributed by atoms with Crippen LogP contribution in [0.15, 0.2) is 30.3 Å². The van der Waals surface area contributed by atoms with Gasteiger partial charge in [0.05, 0.1) is 0 Å². The maximum Gasteiger partial charge on any atom is 0.328 e. The second kappa shape index (κ2) is 4.45. The molecule has 2 heteroatoms. The smallest absolute Gasteiger partial charge is 0.328 e. The number of rotatable bonds is 3. The highest BCUT2D eigenvalue weighted by molar-refractivity contribution is 5.85. The molecule has 0 atom stereocenters. The third-order valence-corrected chi connectivity index (χ3v) is 1.81. The molecule has 0 aromatic heterocycles. The number of hydrogen-bond acceptors (Lipinski definition) is 1. The van der Waals surface area contributed by atoms with Gasteiger partial charge in [0.2, 0.25) is 0 Å². The zero-order valence-electron chi connectivity index (χ0n) is 7.53. The van der Waals surface area contributed by atoms with Gasteiger partial charge >= 0.3 is 5.97 Å². The van der Waals surface area contributed by atoms with Gasteiger partial charge in [0, 0.05) is 6.08 Å². The summed E-state index contributed by atoms with van der Waals surface area (Å²) in [5, 5.41) is 8.39. The molecule has 68 valence electrons. The van der Waals surface area contributed by atoms with Crippen LogP contribution < -0.4 is 0 Å². The standard InChI is InChI=1S/C11H12O2/c1-2-9-3-5-10(6-4-9)7-8-11(12)13/h3-8H,2H2,1H3,(H,12,13)/b8-7-. The van der Waals surface area contributed by atoms with Gasteiger partial charge in [0.1, 0.15) is 0 Å². The van der Waals surface area contributed by atoms with Gasteiger partial charge in [-0.25, -0.2) is 4.79 Å². The van der Waals surface area contributed by atoms with Crippen molar-refractivity contribution in [2.45, 2.75) is 13.3 Å². The van der Waals surface area contributed by atoms with Crippen LogP contribution in [0.25, 0.3) is 6.08 Å². The van der Waals surface area contributed by atoms with Crippen molar-refractivity contribution in [1.82, 2.24) is 0 Å². The lowest BCUT2D eigenvalue weighted by atomic mass is 10.1. The second-order valence-electron chi connectivity index (χ2n) is 2.77. The third-order valence-electron chi connectivity index (χ3n) is 1.81. The molecule has 1 aromatic carbocycles. The Morgan fingerprint density at radius 2 is 2.00 bits per heavy atom. The number of aliphatic carboxylic acids is 1. The van der Waals surface area contributed by atoms with E-state index in [9.17, 15) is 4.79 Å². The van der Waals surface area contributed by atoms with Crippen LogP contribution in [-0.4, -0.2) is 11.1 Å². The first-order valence-electron chi connectivity index (χ1n) is 4.22. The molecule has 0 aliphatic carbocycles. The molecular formula is C11H12O2.